The highest BCUT2D eigenvalue weighted by molar-refractivity contribution is 6.43. The largest absolute Gasteiger partial charge is 0.289 e. The predicted molar refractivity (Wildman–Crippen MR) is 94.6 cm³/mol. The maximum Gasteiger partial charge on any atom is 0.194 e. The van der Waals surface area contributed by atoms with Crippen LogP contribution in [0.25, 0.3) is 11.1 Å². The predicted octanol–water partition coefficient (Wildman–Crippen LogP) is 5.50. The molecule has 3 aromatic rings. The lowest BCUT2D eigenvalue weighted by molar-refractivity contribution is 0.105. The second kappa shape index (κ2) is 5.53. The first-order valence-corrected chi connectivity index (χ1v) is 7.84. The Morgan fingerprint density at radius 3 is 1.83 bits per heavy atom. The lowest BCUT2D eigenvalue weighted by Gasteiger charge is -2.10. The second-order valence-corrected chi connectivity index (χ2v) is 5.88. The Hall–Kier alpha value is -2.64. The third-order valence-corrected chi connectivity index (χ3v) is 4.45. The van der Waals surface area contributed by atoms with Crippen molar-refractivity contribution >= 4 is 28.5 Å². The Kier molecular flexibility index (Phi) is 3.36. The summed E-state index contributed by atoms with van der Waals surface area (Å²) < 4.78 is 0. The number of hydrogen-bond donors (Lipinski definition) is 0. The average molecular weight is 317 g/mol. The number of carbonyl (C=O) groups is 1. The van der Waals surface area contributed by atoms with Crippen molar-refractivity contribution in [3.63, 3.8) is 0 Å². The van der Waals surface area contributed by atoms with Crippen molar-refractivity contribution in [2.24, 2.45) is 0 Å². The van der Waals surface area contributed by atoms with E-state index in [0.29, 0.717) is 5.02 Å². The van der Waals surface area contributed by atoms with Crippen molar-refractivity contribution in [3.8, 4) is 0 Å². The third kappa shape index (κ3) is 2.21. The van der Waals surface area contributed by atoms with Crippen LogP contribution in [0.3, 0.4) is 0 Å². The fourth-order valence-corrected chi connectivity index (χ4v) is 3.34. The molecule has 4 rings (SSSR count). The van der Waals surface area contributed by atoms with Gasteiger partial charge in [-0.1, -0.05) is 84.4 Å². The normalized spacial score (nSPS) is 13.3. The molecule has 0 fully saturated rings. The van der Waals surface area contributed by atoms with E-state index in [0.717, 1.165) is 33.4 Å². The first-order valence-electron chi connectivity index (χ1n) is 7.46. The summed E-state index contributed by atoms with van der Waals surface area (Å²) in [5, 5.41) is 0.653. The van der Waals surface area contributed by atoms with E-state index < -0.39 is 0 Å². The molecule has 0 atom stereocenters. The Balaban J connectivity index is 2.08. The number of ketones is 1. The van der Waals surface area contributed by atoms with Gasteiger partial charge < -0.3 is 0 Å². The molecule has 0 amide bonds. The standard InChI is InChI=1S/C21H13ClO/c22-18-13-7-6-12-17(18)20-15-10-4-5-11-16(15)21(23)19(20)14-8-2-1-3-9-14/h1-13H. The molecule has 0 saturated heterocycles. The van der Waals surface area contributed by atoms with Crippen molar-refractivity contribution in [2.75, 3.05) is 0 Å². The maximum absolute atomic E-state index is 13.0. The molecule has 0 spiro atoms. The van der Waals surface area contributed by atoms with Crippen molar-refractivity contribution < 1.29 is 4.79 Å². The van der Waals surface area contributed by atoms with Crippen LogP contribution >= 0.6 is 11.6 Å². The zero-order chi connectivity index (χ0) is 15.8. The molecule has 1 aliphatic carbocycles. The van der Waals surface area contributed by atoms with Crippen molar-refractivity contribution in [2.45, 2.75) is 0 Å². The quantitative estimate of drug-likeness (QED) is 0.610. The zero-order valence-electron chi connectivity index (χ0n) is 12.3. The van der Waals surface area contributed by atoms with Crippen LogP contribution < -0.4 is 0 Å². The molecule has 0 heterocycles. The van der Waals surface area contributed by atoms with E-state index in [9.17, 15) is 4.79 Å². The summed E-state index contributed by atoms with van der Waals surface area (Å²) in [7, 11) is 0. The number of allylic oxidation sites excluding steroid dienone is 1. The fourth-order valence-electron chi connectivity index (χ4n) is 3.11. The van der Waals surface area contributed by atoms with Crippen molar-refractivity contribution in [1.29, 1.82) is 0 Å². The van der Waals surface area contributed by atoms with Gasteiger partial charge in [-0.3, -0.25) is 4.79 Å². The van der Waals surface area contributed by atoms with E-state index >= 15 is 0 Å². The van der Waals surface area contributed by atoms with Gasteiger partial charge in [0, 0.05) is 27.3 Å². The van der Waals surface area contributed by atoms with Gasteiger partial charge in [-0.15, -0.1) is 0 Å². The molecule has 110 valence electrons. The molecule has 2 heteroatoms. The molecule has 0 unspecified atom stereocenters. The lowest BCUT2D eigenvalue weighted by atomic mass is 9.94. The Morgan fingerprint density at radius 2 is 1.13 bits per heavy atom. The van der Waals surface area contributed by atoms with Crippen LogP contribution in [-0.2, 0) is 0 Å². The molecule has 0 saturated carbocycles. The summed E-state index contributed by atoms with van der Waals surface area (Å²) in [5.41, 5.74) is 5.14. The summed E-state index contributed by atoms with van der Waals surface area (Å²) in [4.78, 5) is 13.0. The van der Waals surface area contributed by atoms with Gasteiger partial charge in [0.1, 0.15) is 0 Å². The van der Waals surface area contributed by atoms with Gasteiger partial charge in [0.15, 0.2) is 5.78 Å². The SMILES string of the molecule is O=C1C(c2ccccc2)=C(c2ccccc2Cl)c2ccccc21. The van der Waals surface area contributed by atoms with Crippen LogP contribution in [0.15, 0.2) is 78.9 Å². The molecule has 0 bridgehead atoms. The van der Waals surface area contributed by atoms with Gasteiger partial charge in [0.25, 0.3) is 0 Å². The first kappa shape index (κ1) is 14.0. The van der Waals surface area contributed by atoms with Gasteiger partial charge in [-0.05, 0) is 17.2 Å². The highest BCUT2D eigenvalue weighted by Gasteiger charge is 2.31. The number of hydrogen-bond acceptors (Lipinski definition) is 1. The van der Waals surface area contributed by atoms with E-state index in [1.807, 2.05) is 78.9 Å². The highest BCUT2D eigenvalue weighted by atomic mass is 35.5. The third-order valence-electron chi connectivity index (χ3n) is 4.12. The molecule has 0 radical (unpaired) electrons. The summed E-state index contributed by atoms with van der Waals surface area (Å²) in [6.07, 6.45) is 0. The lowest BCUT2D eigenvalue weighted by Crippen LogP contribution is -1.98. The average Bonchev–Trinajstić information content (AvgIpc) is 2.89. The van der Waals surface area contributed by atoms with Crippen LogP contribution in [0.1, 0.15) is 27.0 Å². The Bertz CT molecular complexity index is 939. The van der Waals surface area contributed by atoms with E-state index in [-0.39, 0.29) is 5.78 Å². The monoisotopic (exact) mass is 316 g/mol. The van der Waals surface area contributed by atoms with Crippen LogP contribution in [0.4, 0.5) is 0 Å². The van der Waals surface area contributed by atoms with Crippen LogP contribution in [0.5, 0.6) is 0 Å². The van der Waals surface area contributed by atoms with Crippen molar-refractivity contribution in [3.05, 3.63) is 106 Å². The topological polar surface area (TPSA) is 17.1 Å². The maximum atomic E-state index is 13.0. The second-order valence-electron chi connectivity index (χ2n) is 5.47. The summed E-state index contributed by atoms with van der Waals surface area (Å²) >= 11 is 6.43. The van der Waals surface area contributed by atoms with E-state index in [4.69, 9.17) is 11.6 Å². The summed E-state index contributed by atoms with van der Waals surface area (Å²) in [5.74, 6) is 0.0571. The molecule has 23 heavy (non-hydrogen) atoms. The van der Waals surface area contributed by atoms with Gasteiger partial charge in [-0.25, -0.2) is 0 Å². The van der Waals surface area contributed by atoms with Crippen LogP contribution in [0, 0.1) is 0 Å². The minimum absolute atomic E-state index is 0.0571. The number of halogens is 1. The first-order chi connectivity index (χ1) is 11.3. The van der Waals surface area contributed by atoms with E-state index in [2.05, 4.69) is 0 Å². The summed E-state index contributed by atoms with van der Waals surface area (Å²) in [6, 6.07) is 25.2. The van der Waals surface area contributed by atoms with Crippen molar-refractivity contribution in [1.82, 2.24) is 0 Å². The number of Topliss-reactive ketones (excluding diaryl/α,β-unsaturated/α-hetero) is 1. The molecule has 1 nitrogen and oxygen atoms in total. The summed E-state index contributed by atoms with van der Waals surface area (Å²) in [6.45, 7) is 0. The molecular formula is C21H13ClO. The molecule has 0 aliphatic heterocycles. The highest BCUT2D eigenvalue weighted by Crippen LogP contribution is 2.43. The fraction of sp³-hybridized carbons (Fsp3) is 0. The minimum atomic E-state index is 0.0571. The minimum Gasteiger partial charge on any atom is -0.289 e. The van der Waals surface area contributed by atoms with Crippen LogP contribution in [-0.4, -0.2) is 5.78 Å². The number of benzene rings is 3. The molecule has 1 aliphatic rings. The Morgan fingerprint density at radius 1 is 0.565 bits per heavy atom. The molecule has 0 N–H and O–H groups in total. The smallest absolute Gasteiger partial charge is 0.194 e. The zero-order valence-corrected chi connectivity index (χ0v) is 13.0. The van der Waals surface area contributed by atoms with Gasteiger partial charge in [0.2, 0.25) is 0 Å². The van der Waals surface area contributed by atoms with E-state index in [1.165, 1.54) is 0 Å². The number of rotatable bonds is 2. The van der Waals surface area contributed by atoms with Crippen LogP contribution in [0.2, 0.25) is 5.02 Å². The number of fused-ring (bicyclic) bond motifs is 1. The van der Waals surface area contributed by atoms with Gasteiger partial charge in [0.05, 0.1) is 0 Å². The molecule has 0 aromatic heterocycles. The van der Waals surface area contributed by atoms with Gasteiger partial charge >= 0.3 is 0 Å². The van der Waals surface area contributed by atoms with Gasteiger partial charge in [-0.2, -0.15) is 0 Å². The Labute approximate surface area is 139 Å². The number of carbonyl (C=O) groups excluding carboxylic acids is 1. The molecule has 3 aromatic carbocycles. The molecular weight excluding hydrogens is 304 g/mol. The van der Waals surface area contributed by atoms with E-state index in [1.54, 1.807) is 0 Å².